The zero-order valence-electron chi connectivity index (χ0n) is 7.34. The minimum Gasteiger partial charge on any atom is -0.315 e. The van der Waals surface area contributed by atoms with Crippen molar-refractivity contribution in [1.29, 1.82) is 0 Å². The van der Waals surface area contributed by atoms with E-state index in [9.17, 15) is 9.18 Å². The number of halogens is 2. The number of benzene rings is 1. The summed E-state index contributed by atoms with van der Waals surface area (Å²) in [5, 5.41) is 0. The van der Waals surface area contributed by atoms with E-state index >= 15 is 0 Å². The van der Waals surface area contributed by atoms with E-state index in [4.69, 9.17) is 0 Å². The van der Waals surface area contributed by atoms with Crippen molar-refractivity contribution in [3.63, 3.8) is 0 Å². The van der Waals surface area contributed by atoms with E-state index in [1.54, 1.807) is 13.1 Å². The van der Waals surface area contributed by atoms with Gasteiger partial charge in [-0.1, -0.05) is 0 Å². The number of rotatable bonds is 1. The van der Waals surface area contributed by atoms with Gasteiger partial charge in [-0.25, -0.2) is 4.39 Å². The highest BCUT2D eigenvalue weighted by Gasteiger charge is 2.09. The second-order valence-electron chi connectivity index (χ2n) is 2.67. The lowest BCUT2D eigenvalue weighted by atomic mass is 10.3. The lowest BCUT2D eigenvalue weighted by Crippen LogP contribution is -2.23. The van der Waals surface area contributed by atoms with Gasteiger partial charge in [0.1, 0.15) is 5.82 Å². The number of anilines is 1. The van der Waals surface area contributed by atoms with Gasteiger partial charge in [0, 0.05) is 18.4 Å². The second-order valence-corrected chi connectivity index (χ2v) is 3.53. The third-order valence-electron chi connectivity index (χ3n) is 1.74. The molecule has 0 spiro atoms. The number of carbonyl (C=O) groups excluding carboxylic acids is 1. The largest absolute Gasteiger partial charge is 0.315 e. The Bertz CT molecular complexity index is 340. The molecule has 1 aromatic carbocycles. The summed E-state index contributed by atoms with van der Waals surface area (Å²) in [6, 6.07) is 4.20. The molecule has 1 amide bonds. The fourth-order valence-electron chi connectivity index (χ4n) is 0.923. The summed E-state index contributed by atoms with van der Waals surface area (Å²) in [5.74, 6) is -0.417. The summed E-state index contributed by atoms with van der Waals surface area (Å²) in [5.41, 5.74) is 0.661. The van der Waals surface area contributed by atoms with Crippen molar-refractivity contribution in [1.82, 2.24) is 0 Å². The first-order valence-corrected chi connectivity index (χ1v) is 4.51. The standard InChI is InChI=1S/C9H9BrFNO/c1-6(13)12(2)9-4-3-7(11)5-8(9)10/h3-5H,1-2H3. The van der Waals surface area contributed by atoms with Crippen molar-refractivity contribution in [2.45, 2.75) is 6.92 Å². The molecular formula is C9H9BrFNO. The van der Waals surface area contributed by atoms with Crippen LogP contribution in [0.15, 0.2) is 22.7 Å². The molecule has 0 fully saturated rings. The number of hydrogen-bond acceptors (Lipinski definition) is 1. The summed E-state index contributed by atoms with van der Waals surface area (Å²) in [4.78, 5) is 12.4. The van der Waals surface area contributed by atoms with Gasteiger partial charge in [0.15, 0.2) is 0 Å². The predicted molar refractivity (Wildman–Crippen MR) is 53.2 cm³/mol. The van der Waals surface area contributed by atoms with Gasteiger partial charge in [0.2, 0.25) is 5.91 Å². The fraction of sp³-hybridized carbons (Fsp3) is 0.222. The quantitative estimate of drug-likeness (QED) is 0.745. The molecule has 1 aromatic rings. The first kappa shape index (κ1) is 10.2. The minimum atomic E-state index is -0.326. The Morgan fingerprint density at radius 1 is 1.54 bits per heavy atom. The molecule has 0 saturated heterocycles. The molecule has 70 valence electrons. The van der Waals surface area contributed by atoms with Crippen LogP contribution >= 0.6 is 15.9 Å². The predicted octanol–water partition coefficient (Wildman–Crippen LogP) is 2.57. The molecule has 0 radical (unpaired) electrons. The van der Waals surface area contributed by atoms with Crippen LogP contribution in [0.25, 0.3) is 0 Å². The number of carbonyl (C=O) groups is 1. The summed E-state index contributed by atoms with van der Waals surface area (Å²) in [6.45, 7) is 1.45. The lowest BCUT2D eigenvalue weighted by Gasteiger charge is -2.16. The van der Waals surface area contributed by atoms with E-state index in [0.29, 0.717) is 10.2 Å². The van der Waals surface area contributed by atoms with Gasteiger partial charge < -0.3 is 4.90 Å². The van der Waals surface area contributed by atoms with Crippen LogP contribution in [0, 0.1) is 5.82 Å². The van der Waals surface area contributed by atoms with Crippen molar-refractivity contribution in [2.75, 3.05) is 11.9 Å². The smallest absolute Gasteiger partial charge is 0.223 e. The highest BCUT2D eigenvalue weighted by Crippen LogP contribution is 2.25. The fourth-order valence-corrected chi connectivity index (χ4v) is 1.54. The normalized spacial score (nSPS) is 9.85. The Kier molecular flexibility index (Phi) is 3.03. The molecule has 2 nitrogen and oxygen atoms in total. The molecule has 4 heteroatoms. The van der Waals surface area contributed by atoms with Crippen molar-refractivity contribution < 1.29 is 9.18 Å². The zero-order valence-corrected chi connectivity index (χ0v) is 8.93. The molecule has 0 bridgehead atoms. The van der Waals surface area contributed by atoms with Crippen LogP contribution in [0.5, 0.6) is 0 Å². The van der Waals surface area contributed by atoms with Crippen molar-refractivity contribution in [2.24, 2.45) is 0 Å². The van der Waals surface area contributed by atoms with Crippen molar-refractivity contribution >= 4 is 27.5 Å². The molecule has 0 heterocycles. The molecule has 0 N–H and O–H groups in total. The molecule has 0 aliphatic carbocycles. The Morgan fingerprint density at radius 2 is 2.15 bits per heavy atom. The third kappa shape index (κ3) is 2.28. The number of nitrogens with zero attached hydrogens (tertiary/aromatic N) is 1. The topological polar surface area (TPSA) is 20.3 Å². The molecule has 0 unspecified atom stereocenters. The van der Waals surface area contributed by atoms with Crippen LogP contribution in [0.2, 0.25) is 0 Å². The average molecular weight is 246 g/mol. The Morgan fingerprint density at radius 3 is 2.62 bits per heavy atom. The van der Waals surface area contributed by atoms with Gasteiger partial charge in [0.05, 0.1) is 5.69 Å². The van der Waals surface area contributed by atoms with Crippen molar-refractivity contribution in [3.8, 4) is 0 Å². The first-order valence-electron chi connectivity index (χ1n) is 3.71. The Balaban J connectivity index is 3.08. The van der Waals surface area contributed by atoms with Gasteiger partial charge in [-0.05, 0) is 34.1 Å². The van der Waals surface area contributed by atoms with Gasteiger partial charge >= 0.3 is 0 Å². The maximum absolute atomic E-state index is 12.7. The van der Waals surface area contributed by atoms with Crippen LogP contribution in [-0.2, 0) is 4.79 Å². The van der Waals surface area contributed by atoms with Gasteiger partial charge in [-0.15, -0.1) is 0 Å². The monoisotopic (exact) mass is 245 g/mol. The molecule has 0 aliphatic heterocycles. The van der Waals surface area contributed by atoms with E-state index in [0.717, 1.165) is 0 Å². The Hall–Kier alpha value is -0.900. The number of hydrogen-bond donors (Lipinski definition) is 0. The molecule has 0 aromatic heterocycles. The molecule has 1 rings (SSSR count). The molecule has 0 saturated carbocycles. The van der Waals surface area contributed by atoms with Crippen LogP contribution in [0.1, 0.15) is 6.92 Å². The van der Waals surface area contributed by atoms with Crippen LogP contribution in [0.4, 0.5) is 10.1 Å². The molecule has 0 aliphatic rings. The zero-order chi connectivity index (χ0) is 10.0. The summed E-state index contributed by atoms with van der Waals surface area (Å²) in [7, 11) is 1.64. The summed E-state index contributed by atoms with van der Waals surface area (Å²) < 4.78 is 13.3. The summed E-state index contributed by atoms with van der Waals surface area (Å²) >= 11 is 3.18. The summed E-state index contributed by atoms with van der Waals surface area (Å²) in [6.07, 6.45) is 0. The highest BCUT2D eigenvalue weighted by atomic mass is 79.9. The Labute approximate surface area is 84.5 Å². The maximum Gasteiger partial charge on any atom is 0.223 e. The maximum atomic E-state index is 12.7. The highest BCUT2D eigenvalue weighted by molar-refractivity contribution is 9.10. The van der Waals surface area contributed by atoms with E-state index in [2.05, 4.69) is 15.9 Å². The molecule has 13 heavy (non-hydrogen) atoms. The first-order chi connectivity index (χ1) is 6.02. The van der Waals surface area contributed by atoms with Crippen molar-refractivity contribution in [3.05, 3.63) is 28.5 Å². The van der Waals surface area contributed by atoms with Crippen LogP contribution in [0.3, 0.4) is 0 Å². The van der Waals surface area contributed by atoms with E-state index in [-0.39, 0.29) is 11.7 Å². The number of amides is 1. The SMILES string of the molecule is CC(=O)N(C)c1ccc(F)cc1Br. The average Bonchev–Trinajstić information content (AvgIpc) is 2.03. The third-order valence-corrected chi connectivity index (χ3v) is 2.38. The van der Waals surface area contributed by atoms with E-state index in [1.165, 1.54) is 24.0 Å². The molecule has 0 atom stereocenters. The second kappa shape index (κ2) is 3.87. The van der Waals surface area contributed by atoms with Crippen LogP contribution in [-0.4, -0.2) is 13.0 Å². The minimum absolute atomic E-state index is 0.0905. The molecular weight excluding hydrogens is 237 g/mol. The lowest BCUT2D eigenvalue weighted by molar-refractivity contribution is -0.116. The van der Waals surface area contributed by atoms with E-state index < -0.39 is 0 Å². The van der Waals surface area contributed by atoms with Gasteiger partial charge in [0.25, 0.3) is 0 Å². The van der Waals surface area contributed by atoms with E-state index in [1.807, 2.05) is 0 Å². The van der Waals surface area contributed by atoms with Crippen LogP contribution < -0.4 is 4.90 Å². The van der Waals surface area contributed by atoms with Gasteiger partial charge in [-0.3, -0.25) is 4.79 Å². The van der Waals surface area contributed by atoms with Gasteiger partial charge in [-0.2, -0.15) is 0 Å².